The highest BCUT2D eigenvalue weighted by molar-refractivity contribution is 5.82. The molecule has 2 heteroatoms. The number of ether oxygens (including phenoxy) is 1. The van der Waals surface area contributed by atoms with Gasteiger partial charge in [0.15, 0.2) is 0 Å². The van der Waals surface area contributed by atoms with E-state index in [-0.39, 0.29) is 12.1 Å². The number of esters is 1. The van der Waals surface area contributed by atoms with Crippen molar-refractivity contribution in [1.29, 1.82) is 0 Å². The molecule has 0 aromatic carbocycles. The predicted molar refractivity (Wildman–Crippen MR) is 82.0 cm³/mol. The van der Waals surface area contributed by atoms with Crippen LogP contribution in [0.5, 0.6) is 0 Å². The largest absolute Gasteiger partial charge is 0.460 e. The number of carbonyl (C=O) groups excluding carboxylic acids is 1. The molecule has 0 aromatic rings. The molecule has 2 nitrogen and oxygen atoms in total. The maximum absolute atomic E-state index is 11.2. The van der Waals surface area contributed by atoms with Gasteiger partial charge in [-0.1, -0.05) is 58.3 Å². The average molecular weight is 266 g/mol. The van der Waals surface area contributed by atoms with Crippen LogP contribution >= 0.6 is 0 Å². The Hall–Kier alpha value is -1.05. The summed E-state index contributed by atoms with van der Waals surface area (Å²) < 4.78 is 4.99. The third-order valence-electron chi connectivity index (χ3n) is 2.85. The number of hydrogen-bond acceptors (Lipinski definition) is 2. The second kappa shape index (κ2) is 10.8. The number of allylic oxidation sites excluding steroid dienone is 3. The molecule has 0 bridgehead atoms. The standard InChI is InChI=1S/C17H30O2/c1-14(2)10-9-12-16(5)11-7-6-8-13-17(18)19-15(3)4/h6-8,13-16H,9-12H2,1-5H3. The molecule has 0 fully saturated rings. The molecule has 0 amide bonds. The first-order valence-electron chi connectivity index (χ1n) is 7.45. The molecule has 110 valence electrons. The van der Waals surface area contributed by atoms with Crippen LogP contribution in [0.15, 0.2) is 24.3 Å². The monoisotopic (exact) mass is 266 g/mol. The van der Waals surface area contributed by atoms with Gasteiger partial charge in [0, 0.05) is 6.08 Å². The molecular formula is C17H30O2. The van der Waals surface area contributed by atoms with E-state index in [1.165, 1.54) is 25.3 Å². The van der Waals surface area contributed by atoms with Gasteiger partial charge in [0.2, 0.25) is 0 Å². The van der Waals surface area contributed by atoms with E-state index in [4.69, 9.17) is 4.74 Å². The Morgan fingerprint density at radius 2 is 1.74 bits per heavy atom. The van der Waals surface area contributed by atoms with Crippen molar-refractivity contribution in [3.05, 3.63) is 24.3 Å². The molecule has 0 rings (SSSR count). The van der Waals surface area contributed by atoms with Gasteiger partial charge in [0.05, 0.1) is 6.10 Å². The maximum Gasteiger partial charge on any atom is 0.330 e. The highest BCUT2D eigenvalue weighted by Gasteiger charge is 2.01. The second-order valence-corrected chi connectivity index (χ2v) is 5.94. The van der Waals surface area contributed by atoms with Crippen LogP contribution in [0.4, 0.5) is 0 Å². The minimum atomic E-state index is -0.273. The Balaban J connectivity index is 3.72. The predicted octanol–water partition coefficient (Wildman–Crippen LogP) is 4.90. The van der Waals surface area contributed by atoms with Crippen LogP contribution in [-0.2, 0) is 9.53 Å². The van der Waals surface area contributed by atoms with Gasteiger partial charge in [-0.2, -0.15) is 0 Å². The van der Waals surface area contributed by atoms with Gasteiger partial charge in [-0.25, -0.2) is 4.79 Å². The molecule has 0 heterocycles. The summed E-state index contributed by atoms with van der Waals surface area (Å²) in [4.78, 5) is 11.2. The molecule has 0 saturated heterocycles. The van der Waals surface area contributed by atoms with Crippen LogP contribution in [0.1, 0.15) is 60.3 Å². The fraction of sp³-hybridized carbons (Fsp3) is 0.706. The van der Waals surface area contributed by atoms with Gasteiger partial charge >= 0.3 is 5.97 Å². The lowest BCUT2D eigenvalue weighted by Crippen LogP contribution is -2.08. The molecule has 0 saturated carbocycles. The summed E-state index contributed by atoms with van der Waals surface area (Å²) in [6, 6.07) is 0. The van der Waals surface area contributed by atoms with Crippen LogP contribution in [0, 0.1) is 11.8 Å². The van der Waals surface area contributed by atoms with Crippen molar-refractivity contribution >= 4 is 5.97 Å². The number of rotatable bonds is 9. The smallest absolute Gasteiger partial charge is 0.330 e. The van der Waals surface area contributed by atoms with Crippen LogP contribution in [0.25, 0.3) is 0 Å². The Labute approximate surface area is 118 Å². The van der Waals surface area contributed by atoms with E-state index in [9.17, 15) is 4.79 Å². The third-order valence-corrected chi connectivity index (χ3v) is 2.85. The van der Waals surface area contributed by atoms with Crippen molar-refractivity contribution in [1.82, 2.24) is 0 Å². The summed E-state index contributed by atoms with van der Waals surface area (Å²) in [5.74, 6) is 1.24. The Kier molecular flexibility index (Phi) is 10.2. The van der Waals surface area contributed by atoms with E-state index in [1.807, 2.05) is 19.9 Å². The zero-order chi connectivity index (χ0) is 14.7. The van der Waals surface area contributed by atoms with E-state index < -0.39 is 0 Å². The summed E-state index contributed by atoms with van der Waals surface area (Å²) in [7, 11) is 0. The van der Waals surface area contributed by atoms with E-state index in [0.29, 0.717) is 5.92 Å². The molecule has 0 aliphatic rings. The Morgan fingerprint density at radius 1 is 1.05 bits per heavy atom. The van der Waals surface area contributed by atoms with Crippen LogP contribution < -0.4 is 0 Å². The highest BCUT2D eigenvalue weighted by Crippen LogP contribution is 2.15. The summed E-state index contributed by atoms with van der Waals surface area (Å²) in [6.45, 7) is 10.5. The van der Waals surface area contributed by atoms with Crippen LogP contribution in [0.3, 0.4) is 0 Å². The maximum atomic E-state index is 11.2. The quantitative estimate of drug-likeness (QED) is 0.337. The first-order valence-corrected chi connectivity index (χ1v) is 7.45. The first-order chi connectivity index (χ1) is 8.91. The zero-order valence-corrected chi connectivity index (χ0v) is 13.2. The first kappa shape index (κ1) is 17.9. The SMILES string of the molecule is CC(C)CCCC(C)CC=CC=CC(=O)OC(C)C. The van der Waals surface area contributed by atoms with Gasteiger partial charge in [-0.3, -0.25) is 0 Å². The molecule has 0 aliphatic heterocycles. The van der Waals surface area contributed by atoms with Crippen molar-refractivity contribution in [2.24, 2.45) is 11.8 Å². The lowest BCUT2D eigenvalue weighted by molar-refractivity contribution is -0.141. The summed E-state index contributed by atoms with van der Waals surface area (Å²) in [5.41, 5.74) is 0. The molecule has 0 aromatic heterocycles. The average Bonchev–Trinajstić information content (AvgIpc) is 2.26. The third kappa shape index (κ3) is 13.2. The zero-order valence-electron chi connectivity index (χ0n) is 13.2. The topological polar surface area (TPSA) is 26.3 Å². The second-order valence-electron chi connectivity index (χ2n) is 5.94. The fourth-order valence-corrected chi connectivity index (χ4v) is 1.79. The van der Waals surface area contributed by atoms with Gasteiger partial charge in [0.1, 0.15) is 0 Å². The molecule has 1 unspecified atom stereocenters. The van der Waals surface area contributed by atoms with E-state index in [0.717, 1.165) is 12.3 Å². The fourth-order valence-electron chi connectivity index (χ4n) is 1.79. The summed E-state index contributed by atoms with van der Waals surface area (Å²) >= 11 is 0. The van der Waals surface area contributed by atoms with Gasteiger partial charge in [-0.05, 0) is 32.1 Å². The Bertz CT molecular complexity index is 288. The highest BCUT2D eigenvalue weighted by atomic mass is 16.5. The van der Waals surface area contributed by atoms with Crippen molar-refractivity contribution < 1.29 is 9.53 Å². The van der Waals surface area contributed by atoms with Crippen molar-refractivity contribution in [2.75, 3.05) is 0 Å². The van der Waals surface area contributed by atoms with Crippen molar-refractivity contribution in [3.63, 3.8) is 0 Å². The minimum Gasteiger partial charge on any atom is -0.460 e. The molecule has 0 radical (unpaired) electrons. The van der Waals surface area contributed by atoms with E-state index in [1.54, 1.807) is 6.08 Å². The molecule has 19 heavy (non-hydrogen) atoms. The molecular weight excluding hydrogens is 236 g/mol. The number of carbonyl (C=O) groups is 1. The van der Waals surface area contributed by atoms with Gasteiger partial charge < -0.3 is 4.74 Å². The molecule has 0 aliphatic carbocycles. The molecule has 0 spiro atoms. The van der Waals surface area contributed by atoms with Gasteiger partial charge in [0.25, 0.3) is 0 Å². The lowest BCUT2D eigenvalue weighted by Gasteiger charge is -2.09. The normalized spacial score (nSPS) is 13.8. The van der Waals surface area contributed by atoms with Crippen molar-refractivity contribution in [3.8, 4) is 0 Å². The van der Waals surface area contributed by atoms with E-state index >= 15 is 0 Å². The minimum absolute atomic E-state index is 0.0536. The van der Waals surface area contributed by atoms with Crippen LogP contribution in [-0.4, -0.2) is 12.1 Å². The summed E-state index contributed by atoms with van der Waals surface area (Å²) in [6.07, 6.45) is 12.2. The van der Waals surface area contributed by atoms with Gasteiger partial charge in [-0.15, -0.1) is 0 Å². The Morgan fingerprint density at radius 3 is 2.32 bits per heavy atom. The molecule has 0 N–H and O–H groups in total. The van der Waals surface area contributed by atoms with Crippen molar-refractivity contribution in [2.45, 2.75) is 66.4 Å². The lowest BCUT2D eigenvalue weighted by atomic mass is 9.97. The van der Waals surface area contributed by atoms with E-state index in [2.05, 4.69) is 26.8 Å². The summed E-state index contributed by atoms with van der Waals surface area (Å²) in [5, 5.41) is 0. The molecule has 1 atom stereocenters. The number of hydrogen-bond donors (Lipinski definition) is 0. The van der Waals surface area contributed by atoms with Crippen LogP contribution in [0.2, 0.25) is 0 Å².